The van der Waals surface area contributed by atoms with Gasteiger partial charge in [0.1, 0.15) is 0 Å². The van der Waals surface area contributed by atoms with E-state index in [4.69, 9.17) is 14.2 Å². The quantitative estimate of drug-likeness (QED) is 0.664. The molecule has 3 rings (SSSR count). The highest BCUT2D eigenvalue weighted by Gasteiger charge is 2.12. The maximum atomic E-state index is 12.0. The topological polar surface area (TPSA) is 89.4 Å². The summed E-state index contributed by atoms with van der Waals surface area (Å²) in [5.74, 6) is 1.09. The lowest BCUT2D eigenvalue weighted by molar-refractivity contribution is 0.0954. The van der Waals surface area contributed by atoms with E-state index in [1.165, 1.54) is 31.5 Å². The number of carbonyl (C=O) groups is 1. The second kappa shape index (κ2) is 6.27. The van der Waals surface area contributed by atoms with Crippen LogP contribution in [0.5, 0.6) is 23.0 Å². The van der Waals surface area contributed by atoms with Crippen molar-refractivity contribution in [2.45, 2.75) is 0 Å². The normalized spacial score (nSPS) is 12.4. The minimum Gasteiger partial charge on any atom is -0.504 e. The zero-order chi connectivity index (χ0) is 16.2. The molecule has 1 aliphatic rings. The molecule has 0 saturated carbocycles. The van der Waals surface area contributed by atoms with Gasteiger partial charge >= 0.3 is 0 Å². The van der Waals surface area contributed by atoms with Crippen molar-refractivity contribution >= 4 is 12.1 Å². The molecule has 0 bridgehead atoms. The van der Waals surface area contributed by atoms with E-state index in [9.17, 15) is 9.90 Å². The summed E-state index contributed by atoms with van der Waals surface area (Å²) in [5.41, 5.74) is 3.49. The Morgan fingerprint density at radius 1 is 1.26 bits per heavy atom. The predicted octanol–water partition coefficient (Wildman–Crippen LogP) is 1.89. The number of phenols is 1. The fourth-order valence-corrected chi connectivity index (χ4v) is 2.04. The van der Waals surface area contributed by atoms with E-state index >= 15 is 0 Å². The molecular formula is C16H14N2O5. The Morgan fingerprint density at radius 2 is 2.09 bits per heavy atom. The molecule has 2 aromatic rings. The van der Waals surface area contributed by atoms with E-state index in [0.29, 0.717) is 17.1 Å². The van der Waals surface area contributed by atoms with Gasteiger partial charge in [-0.3, -0.25) is 4.79 Å². The van der Waals surface area contributed by atoms with Gasteiger partial charge in [0, 0.05) is 5.56 Å². The highest BCUT2D eigenvalue weighted by molar-refractivity contribution is 5.95. The van der Waals surface area contributed by atoms with Crippen LogP contribution in [-0.4, -0.2) is 31.1 Å². The number of hydrogen-bond acceptors (Lipinski definition) is 6. The maximum absolute atomic E-state index is 12.0. The third-order valence-electron chi connectivity index (χ3n) is 3.22. The summed E-state index contributed by atoms with van der Waals surface area (Å²) in [6.07, 6.45) is 1.50. The molecule has 2 aromatic carbocycles. The van der Waals surface area contributed by atoms with Crippen molar-refractivity contribution in [3.8, 4) is 23.0 Å². The van der Waals surface area contributed by atoms with Crippen molar-refractivity contribution in [2.75, 3.05) is 13.9 Å². The molecule has 1 amide bonds. The summed E-state index contributed by atoms with van der Waals surface area (Å²) in [4.78, 5) is 12.0. The molecule has 1 aliphatic heterocycles. The van der Waals surface area contributed by atoms with Gasteiger partial charge in [-0.05, 0) is 42.0 Å². The third kappa shape index (κ3) is 3.18. The number of phenolic OH excluding ortho intramolecular Hbond substituents is 1. The van der Waals surface area contributed by atoms with Gasteiger partial charge in [-0.2, -0.15) is 5.10 Å². The monoisotopic (exact) mass is 314 g/mol. The first-order valence-electron chi connectivity index (χ1n) is 6.77. The molecule has 2 N–H and O–H groups in total. The average Bonchev–Trinajstić information content (AvgIpc) is 3.03. The Bertz CT molecular complexity index is 773. The lowest BCUT2D eigenvalue weighted by Gasteiger charge is -2.05. The number of methoxy groups -OCH3 is 1. The van der Waals surface area contributed by atoms with E-state index in [1.54, 1.807) is 18.2 Å². The predicted molar refractivity (Wildman–Crippen MR) is 82.3 cm³/mol. The van der Waals surface area contributed by atoms with Crippen LogP contribution in [0.25, 0.3) is 0 Å². The zero-order valence-corrected chi connectivity index (χ0v) is 12.3. The first kappa shape index (κ1) is 14.7. The summed E-state index contributed by atoms with van der Waals surface area (Å²) in [6, 6.07) is 9.63. The van der Waals surface area contributed by atoms with Crippen LogP contribution >= 0.6 is 0 Å². The highest BCUT2D eigenvalue weighted by atomic mass is 16.7. The van der Waals surface area contributed by atoms with Gasteiger partial charge < -0.3 is 19.3 Å². The number of ether oxygens (including phenoxy) is 3. The second-order valence-electron chi connectivity index (χ2n) is 4.70. The SMILES string of the molecule is COc1cc(C(=O)NN=Cc2ccc3c(c2)OCO3)ccc1O. The molecule has 118 valence electrons. The van der Waals surface area contributed by atoms with Gasteiger partial charge in [-0.25, -0.2) is 5.43 Å². The zero-order valence-electron chi connectivity index (χ0n) is 12.3. The van der Waals surface area contributed by atoms with Crippen LogP contribution in [0.2, 0.25) is 0 Å². The van der Waals surface area contributed by atoms with Crippen LogP contribution in [-0.2, 0) is 0 Å². The Kier molecular flexibility index (Phi) is 4.01. The van der Waals surface area contributed by atoms with Crippen molar-refractivity contribution in [1.29, 1.82) is 0 Å². The van der Waals surface area contributed by atoms with Crippen molar-refractivity contribution in [2.24, 2.45) is 5.10 Å². The molecule has 0 saturated heterocycles. The number of nitrogens with one attached hydrogen (secondary N) is 1. The maximum Gasteiger partial charge on any atom is 0.271 e. The second-order valence-corrected chi connectivity index (χ2v) is 4.70. The van der Waals surface area contributed by atoms with Crippen molar-refractivity contribution in [3.05, 3.63) is 47.5 Å². The summed E-state index contributed by atoms with van der Waals surface area (Å²) in [5, 5.41) is 13.4. The van der Waals surface area contributed by atoms with Crippen LogP contribution < -0.4 is 19.6 Å². The molecule has 0 unspecified atom stereocenters. The first-order chi connectivity index (χ1) is 11.2. The molecule has 0 radical (unpaired) electrons. The van der Waals surface area contributed by atoms with E-state index in [1.807, 2.05) is 0 Å². The van der Waals surface area contributed by atoms with Crippen LogP contribution in [0.4, 0.5) is 0 Å². The molecule has 23 heavy (non-hydrogen) atoms. The number of nitrogens with zero attached hydrogens (tertiary/aromatic N) is 1. The largest absolute Gasteiger partial charge is 0.504 e. The van der Waals surface area contributed by atoms with Crippen molar-refractivity contribution in [3.63, 3.8) is 0 Å². The minimum atomic E-state index is -0.416. The molecule has 0 aliphatic carbocycles. The Labute approximate surface area is 132 Å². The number of rotatable bonds is 4. The number of amides is 1. The van der Waals surface area contributed by atoms with E-state index in [-0.39, 0.29) is 18.3 Å². The Hall–Kier alpha value is -3.22. The summed E-state index contributed by atoms with van der Waals surface area (Å²) in [7, 11) is 1.41. The third-order valence-corrected chi connectivity index (χ3v) is 3.22. The lowest BCUT2D eigenvalue weighted by atomic mass is 10.2. The number of hydrogen-bond donors (Lipinski definition) is 2. The van der Waals surface area contributed by atoms with Gasteiger partial charge in [0.05, 0.1) is 13.3 Å². The fourth-order valence-electron chi connectivity index (χ4n) is 2.04. The Morgan fingerprint density at radius 3 is 2.91 bits per heavy atom. The molecule has 0 spiro atoms. The van der Waals surface area contributed by atoms with E-state index < -0.39 is 5.91 Å². The highest BCUT2D eigenvalue weighted by Crippen LogP contribution is 2.32. The number of carbonyl (C=O) groups excluding carboxylic acids is 1. The summed E-state index contributed by atoms with van der Waals surface area (Å²) < 4.78 is 15.4. The molecule has 7 heteroatoms. The number of benzene rings is 2. The number of fused-ring (bicyclic) bond motifs is 1. The molecule has 1 heterocycles. The van der Waals surface area contributed by atoms with Gasteiger partial charge in [0.15, 0.2) is 23.0 Å². The fraction of sp³-hybridized carbons (Fsp3) is 0.125. The smallest absolute Gasteiger partial charge is 0.271 e. The van der Waals surface area contributed by atoms with Crippen molar-refractivity contribution < 1.29 is 24.1 Å². The van der Waals surface area contributed by atoms with Gasteiger partial charge in [0.2, 0.25) is 6.79 Å². The molecule has 7 nitrogen and oxygen atoms in total. The Balaban J connectivity index is 1.66. The average molecular weight is 314 g/mol. The van der Waals surface area contributed by atoms with Crippen LogP contribution in [0, 0.1) is 0 Å². The van der Waals surface area contributed by atoms with Crippen molar-refractivity contribution in [1.82, 2.24) is 5.43 Å². The number of hydrazone groups is 1. The van der Waals surface area contributed by atoms with E-state index in [2.05, 4.69) is 10.5 Å². The molecule has 0 fully saturated rings. The van der Waals surface area contributed by atoms with Gasteiger partial charge in [-0.15, -0.1) is 0 Å². The number of aromatic hydroxyl groups is 1. The minimum absolute atomic E-state index is 0.0343. The van der Waals surface area contributed by atoms with Crippen LogP contribution in [0.1, 0.15) is 15.9 Å². The standard InChI is InChI=1S/C16H14N2O5/c1-21-14-7-11(3-4-12(14)19)16(20)18-17-8-10-2-5-13-15(6-10)23-9-22-13/h2-8,19H,9H2,1H3,(H,18,20). The van der Waals surface area contributed by atoms with Gasteiger partial charge in [0.25, 0.3) is 5.91 Å². The lowest BCUT2D eigenvalue weighted by Crippen LogP contribution is -2.17. The molecular weight excluding hydrogens is 300 g/mol. The van der Waals surface area contributed by atoms with Crippen LogP contribution in [0.3, 0.4) is 0 Å². The van der Waals surface area contributed by atoms with Crippen LogP contribution in [0.15, 0.2) is 41.5 Å². The van der Waals surface area contributed by atoms with E-state index in [0.717, 1.165) is 5.56 Å². The molecule has 0 aromatic heterocycles. The summed E-state index contributed by atoms with van der Waals surface area (Å²) >= 11 is 0. The first-order valence-corrected chi connectivity index (χ1v) is 6.77. The summed E-state index contributed by atoms with van der Waals surface area (Å²) in [6.45, 7) is 0.204. The van der Waals surface area contributed by atoms with Gasteiger partial charge in [-0.1, -0.05) is 0 Å². The molecule has 0 atom stereocenters.